The van der Waals surface area contributed by atoms with Crippen molar-refractivity contribution in [1.82, 2.24) is 19.2 Å². The van der Waals surface area contributed by atoms with E-state index in [0.717, 1.165) is 11.3 Å². The number of nitrogens with zero attached hydrogens (tertiary/aromatic N) is 3. The maximum atomic E-state index is 12.8. The van der Waals surface area contributed by atoms with E-state index >= 15 is 0 Å². The Morgan fingerprint density at radius 1 is 1.20 bits per heavy atom. The molecule has 3 rings (SSSR count). The van der Waals surface area contributed by atoms with E-state index in [1.807, 2.05) is 25.3 Å². The van der Waals surface area contributed by atoms with Crippen molar-refractivity contribution < 1.29 is 17.6 Å². The summed E-state index contributed by atoms with van der Waals surface area (Å²) in [5, 5.41) is 2.83. The molecule has 2 aromatic heterocycles. The number of carbonyl (C=O) groups is 1. The maximum absolute atomic E-state index is 12.8. The van der Waals surface area contributed by atoms with Crippen LogP contribution < -0.4 is 5.32 Å². The molecular weight excluding hydrogens is 404 g/mol. The fourth-order valence-corrected chi connectivity index (χ4v) is 4.97. The Hall–Kier alpha value is -2.65. The molecule has 1 N–H and O–H groups in total. The Bertz CT molecular complexity index is 1100. The smallest absolute Gasteiger partial charge is 0.243 e. The highest BCUT2D eigenvalue weighted by Gasteiger charge is 2.23. The van der Waals surface area contributed by atoms with Gasteiger partial charge in [-0.1, -0.05) is 13.8 Å². The van der Waals surface area contributed by atoms with Crippen LogP contribution in [0.3, 0.4) is 0 Å². The number of amides is 1. The average Bonchev–Trinajstić information content (AvgIpc) is 3.37. The second-order valence-corrected chi connectivity index (χ2v) is 8.81. The van der Waals surface area contributed by atoms with Crippen molar-refractivity contribution >= 4 is 27.0 Å². The van der Waals surface area contributed by atoms with Crippen molar-refractivity contribution in [2.75, 3.05) is 13.1 Å². The lowest BCUT2D eigenvalue weighted by atomic mass is 10.2. The Kier molecular flexibility index (Phi) is 6.94. The van der Waals surface area contributed by atoms with E-state index in [1.54, 1.807) is 36.6 Å². The summed E-state index contributed by atoms with van der Waals surface area (Å²) >= 11 is 0. The third kappa shape index (κ3) is 4.57. The molecule has 0 unspecified atom stereocenters. The first kappa shape index (κ1) is 22.0. The summed E-state index contributed by atoms with van der Waals surface area (Å²) in [6.45, 7) is 7.50. The molecule has 0 aliphatic carbocycles. The van der Waals surface area contributed by atoms with E-state index in [-0.39, 0.29) is 17.2 Å². The van der Waals surface area contributed by atoms with Gasteiger partial charge >= 0.3 is 0 Å². The largest absolute Gasteiger partial charge is 0.467 e. The summed E-state index contributed by atoms with van der Waals surface area (Å²) in [6.07, 6.45) is 2.32. The molecule has 0 saturated carbocycles. The number of furan rings is 1. The van der Waals surface area contributed by atoms with Crippen LogP contribution in [0.5, 0.6) is 0 Å². The molecule has 0 atom stereocenters. The van der Waals surface area contributed by atoms with Crippen LogP contribution in [0.25, 0.3) is 11.0 Å². The third-order valence-corrected chi connectivity index (χ3v) is 7.12. The molecule has 0 bridgehead atoms. The van der Waals surface area contributed by atoms with Crippen molar-refractivity contribution in [2.45, 2.75) is 51.6 Å². The first-order chi connectivity index (χ1) is 14.4. The summed E-state index contributed by atoms with van der Waals surface area (Å²) in [5.74, 6) is 1.37. The number of aromatic nitrogens is 2. The van der Waals surface area contributed by atoms with Gasteiger partial charge in [-0.25, -0.2) is 13.4 Å². The van der Waals surface area contributed by atoms with Crippen molar-refractivity contribution in [3.05, 3.63) is 48.2 Å². The first-order valence-electron chi connectivity index (χ1n) is 10.2. The van der Waals surface area contributed by atoms with Gasteiger partial charge in [-0.15, -0.1) is 0 Å². The van der Waals surface area contributed by atoms with Gasteiger partial charge in [-0.2, -0.15) is 4.31 Å². The number of aryl methyl sites for hydroxylation is 2. The van der Waals surface area contributed by atoms with E-state index in [1.165, 1.54) is 4.31 Å². The molecule has 0 saturated heterocycles. The zero-order chi connectivity index (χ0) is 21.7. The molecule has 9 heteroatoms. The van der Waals surface area contributed by atoms with Crippen LogP contribution in [0.4, 0.5) is 0 Å². The van der Waals surface area contributed by atoms with E-state index < -0.39 is 10.0 Å². The number of benzene rings is 1. The van der Waals surface area contributed by atoms with Gasteiger partial charge in [0.2, 0.25) is 15.9 Å². The zero-order valence-corrected chi connectivity index (χ0v) is 18.4. The highest BCUT2D eigenvalue weighted by atomic mass is 32.2. The predicted molar refractivity (Wildman–Crippen MR) is 114 cm³/mol. The van der Waals surface area contributed by atoms with Crippen molar-refractivity contribution in [3.8, 4) is 0 Å². The number of nitrogens with one attached hydrogen (secondary N) is 1. The second kappa shape index (κ2) is 9.44. The number of hydrogen-bond donors (Lipinski definition) is 1. The lowest BCUT2D eigenvalue weighted by Gasteiger charge is -2.18. The lowest BCUT2D eigenvalue weighted by molar-refractivity contribution is -0.121. The number of rotatable bonds is 10. The molecule has 3 aromatic rings. The lowest BCUT2D eigenvalue weighted by Crippen LogP contribution is -2.30. The van der Waals surface area contributed by atoms with Gasteiger partial charge in [0, 0.05) is 32.5 Å². The van der Waals surface area contributed by atoms with Gasteiger partial charge in [0.1, 0.15) is 11.6 Å². The van der Waals surface area contributed by atoms with E-state index in [4.69, 9.17) is 4.42 Å². The fourth-order valence-electron chi connectivity index (χ4n) is 3.49. The summed E-state index contributed by atoms with van der Waals surface area (Å²) in [4.78, 5) is 17.0. The summed E-state index contributed by atoms with van der Waals surface area (Å²) in [5.41, 5.74) is 1.48. The van der Waals surface area contributed by atoms with Crippen LogP contribution >= 0.6 is 0 Å². The average molecular weight is 433 g/mol. The highest BCUT2D eigenvalue weighted by Crippen LogP contribution is 2.23. The minimum atomic E-state index is -3.55. The zero-order valence-electron chi connectivity index (χ0n) is 17.6. The molecule has 0 fully saturated rings. The summed E-state index contributed by atoms with van der Waals surface area (Å²) in [6, 6.07) is 8.63. The van der Waals surface area contributed by atoms with Gasteiger partial charge < -0.3 is 14.3 Å². The van der Waals surface area contributed by atoms with Gasteiger partial charge in [-0.05, 0) is 37.3 Å². The Morgan fingerprint density at radius 3 is 2.60 bits per heavy atom. The van der Waals surface area contributed by atoms with Gasteiger partial charge in [-0.3, -0.25) is 4.79 Å². The van der Waals surface area contributed by atoms with Crippen molar-refractivity contribution in [2.24, 2.45) is 0 Å². The van der Waals surface area contributed by atoms with E-state index in [9.17, 15) is 13.2 Å². The van der Waals surface area contributed by atoms with Gasteiger partial charge in [0.15, 0.2) is 0 Å². The molecule has 30 heavy (non-hydrogen) atoms. The highest BCUT2D eigenvalue weighted by molar-refractivity contribution is 7.89. The fraction of sp³-hybridized carbons (Fsp3) is 0.429. The van der Waals surface area contributed by atoms with Crippen molar-refractivity contribution in [1.29, 1.82) is 0 Å². The monoisotopic (exact) mass is 432 g/mol. The quantitative estimate of drug-likeness (QED) is 0.531. The molecule has 8 nitrogen and oxygen atoms in total. The van der Waals surface area contributed by atoms with Crippen LogP contribution in [-0.2, 0) is 34.3 Å². The number of imidazole rings is 1. The van der Waals surface area contributed by atoms with Crippen LogP contribution in [-0.4, -0.2) is 41.3 Å². The number of sulfonamides is 1. The molecule has 1 amide bonds. The Labute approximate surface area is 176 Å². The molecule has 2 heterocycles. The molecule has 162 valence electrons. The number of fused-ring (bicyclic) bond motifs is 1. The summed E-state index contributed by atoms with van der Waals surface area (Å²) in [7, 11) is -3.55. The van der Waals surface area contributed by atoms with E-state index in [0.29, 0.717) is 43.9 Å². The standard InChI is InChI=1S/C21H28N4O4S/c1-4-24(5-2)30(27,28)17-9-10-19-18(14-17)23-20(25(19)6-3)11-12-21(26)22-15-16-8-7-13-29-16/h7-10,13-14H,4-6,11-12,15H2,1-3H3,(H,22,26). The van der Waals surface area contributed by atoms with Gasteiger partial charge in [0.25, 0.3) is 0 Å². The number of carbonyl (C=O) groups excluding carboxylic acids is 1. The molecule has 0 radical (unpaired) electrons. The van der Waals surface area contributed by atoms with Crippen molar-refractivity contribution in [3.63, 3.8) is 0 Å². The van der Waals surface area contributed by atoms with Gasteiger partial charge in [0.05, 0.1) is 28.7 Å². The normalized spacial score (nSPS) is 12.0. The predicted octanol–water partition coefficient (Wildman–Crippen LogP) is 2.93. The molecule has 0 spiro atoms. The minimum Gasteiger partial charge on any atom is -0.467 e. The Morgan fingerprint density at radius 2 is 1.97 bits per heavy atom. The maximum Gasteiger partial charge on any atom is 0.243 e. The van der Waals surface area contributed by atoms with Crippen LogP contribution in [0, 0.1) is 0 Å². The number of hydrogen-bond acceptors (Lipinski definition) is 5. The SMILES string of the molecule is CCN(CC)S(=O)(=O)c1ccc2c(c1)nc(CCC(=O)NCc1ccco1)n2CC. The molecule has 0 aliphatic rings. The van der Waals surface area contributed by atoms with Crippen LogP contribution in [0.2, 0.25) is 0 Å². The molecule has 1 aromatic carbocycles. The topological polar surface area (TPSA) is 97.4 Å². The summed E-state index contributed by atoms with van der Waals surface area (Å²) < 4.78 is 34.3. The third-order valence-electron chi connectivity index (χ3n) is 5.07. The first-order valence-corrected chi connectivity index (χ1v) is 11.6. The van der Waals surface area contributed by atoms with Crippen LogP contribution in [0.1, 0.15) is 38.8 Å². The Balaban J connectivity index is 1.77. The molecular formula is C21H28N4O4S. The van der Waals surface area contributed by atoms with E-state index in [2.05, 4.69) is 10.3 Å². The van der Waals surface area contributed by atoms with Crippen LogP contribution in [0.15, 0.2) is 45.9 Å². The second-order valence-electron chi connectivity index (χ2n) is 6.87. The molecule has 0 aliphatic heterocycles. The minimum absolute atomic E-state index is 0.0918.